The Morgan fingerprint density at radius 3 is 1.94 bits per heavy atom. The van der Waals surface area contributed by atoms with Gasteiger partial charge in [0.05, 0.1) is 19.8 Å². The van der Waals surface area contributed by atoms with Crippen molar-refractivity contribution in [2.75, 3.05) is 21.3 Å². The van der Waals surface area contributed by atoms with Gasteiger partial charge in [-0.05, 0) is 61.4 Å². The zero-order valence-electron chi connectivity index (χ0n) is 18.2. The van der Waals surface area contributed by atoms with Crippen LogP contribution in [0.15, 0.2) is 48.5 Å². The Morgan fingerprint density at radius 1 is 0.903 bits per heavy atom. The van der Waals surface area contributed by atoms with E-state index in [9.17, 15) is 4.79 Å². The van der Waals surface area contributed by atoms with Gasteiger partial charge in [0, 0.05) is 24.9 Å². The third kappa shape index (κ3) is 5.23. The second-order valence-corrected chi connectivity index (χ2v) is 8.11. The number of carbonyl (C=O) groups is 1. The van der Waals surface area contributed by atoms with Gasteiger partial charge in [-0.2, -0.15) is 0 Å². The number of halogens is 1. The maximum atomic E-state index is 13.2. The van der Waals surface area contributed by atoms with E-state index in [-0.39, 0.29) is 24.5 Å². The highest BCUT2D eigenvalue weighted by atomic mass is 35.5. The molecule has 0 saturated carbocycles. The van der Waals surface area contributed by atoms with Crippen LogP contribution in [-0.2, 0) is 9.53 Å². The van der Waals surface area contributed by atoms with Gasteiger partial charge in [0.2, 0.25) is 0 Å². The molecule has 2 aliphatic rings. The molecule has 6 heteroatoms. The molecule has 3 atom stereocenters. The van der Waals surface area contributed by atoms with Gasteiger partial charge >= 0.3 is 5.97 Å². The molecule has 0 N–H and O–H groups in total. The molecule has 2 saturated heterocycles. The minimum Gasteiger partial charge on any atom is -0.497 e. The van der Waals surface area contributed by atoms with Crippen molar-refractivity contribution in [2.45, 2.75) is 43.9 Å². The Labute approximate surface area is 190 Å². The zero-order chi connectivity index (χ0) is 21.1. The number of nitrogens with zero attached hydrogens (tertiary/aromatic N) is 1. The summed E-state index contributed by atoms with van der Waals surface area (Å²) >= 11 is 0. The summed E-state index contributed by atoms with van der Waals surface area (Å²) in [6.45, 7) is 0. The van der Waals surface area contributed by atoms with Crippen LogP contribution in [-0.4, -0.2) is 50.3 Å². The Balaban J connectivity index is 0.00000272. The summed E-state index contributed by atoms with van der Waals surface area (Å²) in [5.74, 6) is 1.26. The maximum Gasteiger partial charge on any atom is 0.339 e. The Bertz CT molecular complexity index is 896. The van der Waals surface area contributed by atoms with Gasteiger partial charge in [0.15, 0.2) is 0 Å². The number of benzene rings is 2. The number of rotatable bonds is 6. The van der Waals surface area contributed by atoms with E-state index in [0.29, 0.717) is 17.7 Å². The predicted molar refractivity (Wildman–Crippen MR) is 125 cm³/mol. The average molecular weight is 444 g/mol. The van der Waals surface area contributed by atoms with Crippen LogP contribution in [0.1, 0.15) is 36.8 Å². The van der Waals surface area contributed by atoms with Crippen LogP contribution in [0.3, 0.4) is 0 Å². The van der Waals surface area contributed by atoms with E-state index in [0.717, 1.165) is 35.5 Å². The molecule has 2 aliphatic heterocycles. The highest BCUT2D eigenvalue weighted by Crippen LogP contribution is 2.36. The molecule has 2 bridgehead atoms. The summed E-state index contributed by atoms with van der Waals surface area (Å²) in [5, 5.41) is 0. The van der Waals surface area contributed by atoms with E-state index in [2.05, 4.69) is 11.9 Å². The number of esters is 1. The van der Waals surface area contributed by atoms with Crippen molar-refractivity contribution in [3.8, 4) is 11.5 Å². The van der Waals surface area contributed by atoms with Gasteiger partial charge in [-0.1, -0.05) is 24.3 Å². The molecule has 2 fully saturated rings. The molecule has 31 heavy (non-hydrogen) atoms. The van der Waals surface area contributed by atoms with E-state index >= 15 is 0 Å². The van der Waals surface area contributed by atoms with Crippen molar-refractivity contribution in [1.29, 1.82) is 0 Å². The van der Waals surface area contributed by atoms with Crippen LogP contribution in [0.5, 0.6) is 11.5 Å². The standard InChI is InChI=1S/C25H29NO4.ClH/c1-26-19-8-9-20(26)16-23(15-19)30-25(27)24(18-6-12-22(29-3)13-7-18)14-17-4-10-21(28-2)11-5-17;/h4-7,10-14,19-20,23H,8-9,15-16H2,1-3H3;1H/b24-14+;/t19-,20+,23?;. The number of hydrogen-bond acceptors (Lipinski definition) is 5. The molecular formula is C25H30ClNO4. The van der Waals surface area contributed by atoms with Crippen LogP contribution < -0.4 is 9.47 Å². The monoisotopic (exact) mass is 443 g/mol. The number of methoxy groups -OCH3 is 2. The van der Waals surface area contributed by atoms with Crippen molar-refractivity contribution in [3.05, 3.63) is 59.7 Å². The molecular weight excluding hydrogens is 414 g/mol. The number of piperidine rings is 1. The zero-order valence-corrected chi connectivity index (χ0v) is 19.1. The largest absolute Gasteiger partial charge is 0.497 e. The van der Waals surface area contributed by atoms with Gasteiger partial charge in [0.25, 0.3) is 0 Å². The number of carbonyl (C=O) groups excluding carboxylic acids is 1. The van der Waals surface area contributed by atoms with Gasteiger partial charge in [-0.3, -0.25) is 0 Å². The van der Waals surface area contributed by atoms with Crippen molar-refractivity contribution in [3.63, 3.8) is 0 Å². The van der Waals surface area contributed by atoms with Gasteiger partial charge in [-0.25, -0.2) is 4.79 Å². The molecule has 2 heterocycles. The van der Waals surface area contributed by atoms with E-state index < -0.39 is 0 Å². The first-order valence-corrected chi connectivity index (χ1v) is 10.5. The minimum atomic E-state index is -0.273. The fourth-order valence-corrected chi connectivity index (χ4v) is 4.57. The minimum absolute atomic E-state index is 0. The summed E-state index contributed by atoms with van der Waals surface area (Å²) in [7, 11) is 5.46. The summed E-state index contributed by atoms with van der Waals surface area (Å²) in [6, 6.07) is 16.2. The first-order chi connectivity index (χ1) is 14.6. The molecule has 2 aromatic rings. The van der Waals surface area contributed by atoms with Crippen LogP contribution in [0.2, 0.25) is 0 Å². The fourth-order valence-electron chi connectivity index (χ4n) is 4.57. The molecule has 0 amide bonds. The molecule has 4 rings (SSSR count). The molecule has 0 aliphatic carbocycles. The molecule has 1 unspecified atom stereocenters. The molecule has 166 valence electrons. The van der Waals surface area contributed by atoms with Gasteiger partial charge in [0.1, 0.15) is 17.6 Å². The van der Waals surface area contributed by atoms with Gasteiger partial charge in [-0.15, -0.1) is 12.4 Å². The number of fused-ring (bicyclic) bond motifs is 2. The lowest BCUT2D eigenvalue weighted by atomic mass is 9.99. The highest BCUT2D eigenvalue weighted by Gasteiger charge is 2.40. The smallest absolute Gasteiger partial charge is 0.339 e. The number of hydrogen-bond donors (Lipinski definition) is 0. The lowest BCUT2D eigenvalue weighted by molar-refractivity contribution is -0.144. The van der Waals surface area contributed by atoms with Crippen LogP contribution in [0, 0.1) is 0 Å². The average Bonchev–Trinajstić information content (AvgIpc) is 2.98. The van der Waals surface area contributed by atoms with Crippen molar-refractivity contribution < 1.29 is 19.0 Å². The summed E-state index contributed by atoms with van der Waals surface area (Å²) in [6.07, 6.45) is 6.08. The second kappa shape index (κ2) is 10.2. The number of ether oxygens (including phenoxy) is 3. The third-order valence-corrected chi connectivity index (χ3v) is 6.38. The molecule has 5 nitrogen and oxygen atoms in total. The molecule has 0 aromatic heterocycles. The Kier molecular flexibility index (Phi) is 7.63. The normalized spacial score (nSPS) is 23.1. The summed E-state index contributed by atoms with van der Waals surface area (Å²) in [4.78, 5) is 15.7. The van der Waals surface area contributed by atoms with Crippen molar-refractivity contribution >= 4 is 30.0 Å². The third-order valence-electron chi connectivity index (χ3n) is 6.38. The van der Waals surface area contributed by atoms with E-state index in [1.54, 1.807) is 14.2 Å². The highest BCUT2D eigenvalue weighted by molar-refractivity contribution is 6.21. The quantitative estimate of drug-likeness (QED) is 0.363. The maximum absolute atomic E-state index is 13.2. The lowest BCUT2D eigenvalue weighted by Crippen LogP contribution is -2.43. The van der Waals surface area contributed by atoms with Crippen molar-refractivity contribution in [1.82, 2.24) is 4.90 Å². The second-order valence-electron chi connectivity index (χ2n) is 8.11. The molecule has 0 spiro atoms. The van der Waals surface area contributed by atoms with E-state index in [1.165, 1.54) is 12.8 Å². The SMILES string of the molecule is COc1ccc(/C=C(/C(=O)OC2C[C@H]3CC[C@@H](C2)N3C)c2ccc(OC)cc2)cc1.Cl. The summed E-state index contributed by atoms with van der Waals surface area (Å²) < 4.78 is 16.5. The fraction of sp³-hybridized carbons (Fsp3) is 0.400. The topological polar surface area (TPSA) is 48.0 Å². The Hall–Kier alpha value is -2.50. The Morgan fingerprint density at radius 2 is 1.42 bits per heavy atom. The van der Waals surface area contributed by atoms with E-state index in [4.69, 9.17) is 14.2 Å². The first-order valence-electron chi connectivity index (χ1n) is 10.5. The summed E-state index contributed by atoms with van der Waals surface area (Å²) in [5.41, 5.74) is 2.28. The van der Waals surface area contributed by atoms with E-state index in [1.807, 2.05) is 54.6 Å². The lowest BCUT2D eigenvalue weighted by Gasteiger charge is -2.35. The van der Waals surface area contributed by atoms with Crippen molar-refractivity contribution in [2.24, 2.45) is 0 Å². The molecule has 0 radical (unpaired) electrons. The first kappa shape index (κ1) is 23.2. The van der Waals surface area contributed by atoms with Crippen LogP contribution in [0.4, 0.5) is 0 Å². The predicted octanol–water partition coefficient (Wildman–Crippen LogP) is 4.83. The molecule has 2 aromatic carbocycles. The van der Waals surface area contributed by atoms with Crippen LogP contribution in [0.25, 0.3) is 11.6 Å². The van der Waals surface area contributed by atoms with Gasteiger partial charge < -0.3 is 19.1 Å². The van der Waals surface area contributed by atoms with Crippen LogP contribution >= 0.6 is 12.4 Å².